The van der Waals surface area contributed by atoms with Gasteiger partial charge in [0.25, 0.3) is 5.91 Å². The fourth-order valence-corrected chi connectivity index (χ4v) is 3.94. The highest BCUT2D eigenvalue weighted by molar-refractivity contribution is 6.02. The summed E-state index contributed by atoms with van der Waals surface area (Å²) in [5, 5.41) is 2.75. The number of halogens is 1. The molecule has 3 aromatic rings. The van der Waals surface area contributed by atoms with Gasteiger partial charge in [0.15, 0.2) is 5.65 Å². The van der Waals surface area contributed by atoms with Crippen LogP contribution < -0.4 is 10.2 Å². The Morgan fingerprint density at radius 3 is 2.70 bits per heavy atom. The van der Waals surface area contributed by atoms with E-state index in [4.69, 9.17) is 0 Å². The highest BCUT2D eigenvalue weighted by Crippen LogP contribution is 2.39. The zero-order chi connectivity index (χ0) is 20.9. The fraction of sp³-hybridized carbons (Fsp3) is 0.476. The average Bonchev–Trinajstić information content (AvgIpc) is 3.44. The number of rotatable bonds is 6. The van der Waals surface area contributed by atoms with Crippen LogP contribution in [0, 0.1) is 19.8 Å². The topological polar surface area (TPSA) is 88.3 Å². The van der Waals surface area contributed by atoms with E-state index in [1.165, 1.54) is 25.2 Å². The highest BCUT2D eigenvalue weighted by Gasteiger charge is 2.44. The third-order valence-electron chi connectivity index (χ3n) is 5.81. The number of fused-ring (bicyclic) bond motifs is 1. The molecule has 3 aromatic heterocycles. The fourth-order valence-electron chi connectivity index (χ4n) is 3.94. The standard InChI is InChI=1S/C21H24FN7O/c1-13-9-28-10-17(26-14(2)19(28)25-13)27-20(30)16-7-24-18(8-23-16)29-11-21(22,12-29)6-5-15-3-4-15/h7-10,15H,3-6,11-12H2,1-2H3,(H,27,30). The molecule has 9 heteroatoms. The van der Waals surface area contributed by atoms with Crippen molar-refractivity contribution in [3.8, 4) is 0 Å². The van der Waals surface area contributed by atoms with Crippen molar-refractivity contribution in [2.75, 3.05) is 23.3 Å². The lowest BCUT2D eigenvalue weighted by Gasteiger charge is -2.45. The second-order valence-electron chi connectivity index (χ2n) is 8.53. The van der Waals surface area contributed by atoms with Gasteiger partial charge in [-0.1, -0.05) is 12.8 Å². The number of nitrogens with one attached hydrogen (secondary N) is 1. The molecular weight excluding hydrogens is 385 g/mol. The average molecular weight is 409 g/mol. The van der Waals surface area contributed by atoms with Gasteiger partial charge in [-0.05, 0) is 32.6 Å². The van der Waals surface area contributed by atoms with Gasteiger partial charge in [-0.25, -0.2) is 24.3 Å². The maximum Gasteiger partial charge on any atom is 0.277 e. The minimum atomic E-state index is -1.12. The molecule has 1 saturated carbocycles. The molecular formula is C21H24FN7O. The van der Waals surface area contributed by atoms with Crippen molar-refractivity contribution < 1.29 is 9.18 Å². The largest absolute Gasteiger partial charge is 0.349 e. The number of hydrogen-bond acceptors (Lipinski definition) is 6. The van der Waals surface area contributed by atoms with Crippen LogP contribution in [0.25, 0.3) is 5.65 Å². The van der Waals surface area contributed by atoms with E-state index < -0.39 is 11.6 Å². The second kappa shape index (κ2) is 7.00. The lowest BCUT2D eigenvalue weighted by Crippen LogP contribution is -2.59. The number of aromatic nitrogens is 5. The third-order valence-corrected chi connectivity index (χ3v) is 5.81. The van der Waals surface area contributed by atoms with Gasteiger partial charge in [-0.15, -0.1) is 0 Å². The summed E-state index contributed by atoms with van der Waals surface area (Å²) in [6.45, 7) is 4.43. The van der Waals surface area contributed by atoms with Gasteiger partial charge in [0, 0.05) is 6.20 Å². The first-order chi connectivity index (χ1) is 14.4. The van der Waals surface area contributed by atoms with Crippen molar-refractivity contribution in [1.82, 2.24) is 24.3 Å². The van der Waals surface area contributed by atoms with E-state index in [2.05, 4.69) is 25.3 Å². The Hall–Kier alpha value is -3.10. The summed E-state index contributed by atoms with van der Waals surface area (Å²) in [5.74, 6) is 1.34. The third kappa shape index (κ3) is 3.71. The minimum absolute atomic E-state index is 0.181. The van der Waals surface area contributed by atoms with E-state index in [0.29, 0.717) is 31.1 Å². The first-order valence-electron chi connectivity index (χ1n) is 10.3. The molecule has 2 aliphatic rings. The summed E-state index contributed by atoms with van der Waals surface area (Å²) in [5.41, 5.74) is 1.41. The lowest BCUT2D eigenvalue weighted by atomic mass is 9.90. The van der Waals surface area contributed by atoms with Crippen molar-refractivity contribution in [2.24, 2.45) is 5.92 Å². The van der Waals surface area contributed by atoms with Crippen LogP contribution in [-0.2, 0) is 0 Å². The number of nitrogens with zero attached hydrogens (tertiary/aromatic N) is 6. The predicted molar refractivity (Wildman–Crippen MR) is 110 cm³/mol. The molecule has 4 heterocycles. The van der Waals surface area contributed by atoms with Crippen molar-refractivity contribution >= 4 is 23.2 Å². The van der Waals surface area contributed by atoms with Gasteiger partial charge in [0.05, 0.1) is 43.1 Å². The molecule has 2 fully saturated rings. The number of aryl methyl sites for hydroxylation is 2. The van der Waals surface area contributed by atoms with Crippen LogP contribution in [0.3, 0.4) is 0 Å². The van der Waals surface area contributed by atoms with E-state index in [1.54, 1.807) is 6.20 Å². The molecule has 1 aliphatic carbocycles. The molecule has 0 bridgehead atoms. The van der Waals surface area contributed by atoms with E-state index >= 15 is 0 Å². The van der Waals surface area contributed by atoms with Crippen LogP contribution in [-0.4, -0.2) is 49.0 Å². The number of carbonyl (C=O) groups excluding carboxylic acids is 1. The predicted octanol–water partition coefficient (Wildman–Crippen LogP) is 3.11. The second-order valence-corrected chi connectivity index (χ2v) is 8.53. The Bertz CT molecular complexity index is 1100. The van der Waals surface area contributed by atoms with E-state index in [1.807, 2.05) is 29.3 Å². The van der Waals surface area contributed by atoms with Crippen LogP contribution in [0.4, 0.5) is 16.0 Å². The molecule has 0 spiro atoms. The molecule has 156 valence electrons. The van der Waals surface area contributed by atoms with Gasteiger partial charge in [0.1, 0.15) is 23.0 Å². The molecule has 8 nitrogen and oxygen atoms in total. The molecule has 1 amide bonds. The Balaban J connectivity index is 1.22. The van der Waals surface area contributed by atoms with Crippen LogP contribution in [0.2, 0.25) is 0 Å². The highest BCUT2D eigenvalue weighted by atomic mass is 19.1. The molecule has 0 atom stereocenters. The summed E-state index contributed by atoms with van der Waals surface area (Å²) in [6.07, 6.45) is 10.6. The SMILES string of the molecule is Cc1cn2cc(NC(=O)c3cnc(N4CC(F)(CCC5CC5)C4)cn3)nc(C)c2n1. The molecule has 5 rings (SSSR count). The van der Waals surface area contributed by atoms with Crippen LogP contribution in [0.15, 0.2) is 24.8 Å². The minimum Gasteiger partial charge on any atom is -0.349 e. The number of hydrogen-bond donors (Lipinski definition) is 1. The molecule has 1 N–H and O–H groups in total. The summed E-state index contributed by atoms with van der Waals surface area (Å²) >= 11 is 0. The maximum absolute atomic E-state index is 14.7. The first-order valence-corrected chi connectivity index (χ1v) is 10.3. The number of amides is 1. The summed E-state index contributed by atoms with van der Waals surface area (Å²) in [4.78, 5) is 31.7. The Kier molecular flexibility index (Phi) is 4.41. The molecule has 1 aliphatic heterocycles. The van der Waals surface area contributed by atoms with Crippen LogP contribution in [0.5, 0.6) is 0 Å². The van der Waals surface area contributed by atoms with E-state index in [0.717, 1.165) is 29.4 Å². The normalized spacial score (nSPS) is 17.8. The zero-order valence-corrected chi connectivity index (χ0v) is 17.1. The van der Waals surface area contributed by atoms with E-state index in [9.17, 15) is 9.18 Å². The van der Waals surface area contributed by atoms with Crippen molar-refractivity contribution in [3.05, 3.63) is 41.9 Å². The number of carbonyl (C=O) groups is 1. The number of alkyl halides is 1. The van der Waals surface area contributed by atoms with Gasteiger partial charge in [-0.2, -0.15) is 0 Å². The Morgan fingerprint density at radius 2 is 2.00 bits per heavy atom. The van der Waals surface area contributed by atoms with Crippen LogP contribution in [0.1, 0.15) is 47.6 Å². The molecule has 0 unspecified atom stereocenters. The van der Waals surface area contributed by atoms with E-state index in [-0.39, 0.29) is 5.69 Å². The monoisotopic (exact) mass is 409 g/mol. The van der Waals surface area contributed by atoms with Gasteiger partial charge < -0.3 is 14.6 Å². The van der Waals surface area contributed by atoms with Gasteiger partial charge in [0.2, 0.25) is 0 Å². The summed E-state index contributed by atoms with van der Waals surface area (Å²) in [7, 11) is 0. The van der Waals surface area contributed by atoms with Gasteiger partial charge >= 0.3 is 0 Å². The maximum atomic E-state index is 14.7. The summed E-state index contributed by atoms with van der Waals surface area (Å²) in [6, 6.07) is 0. The molecule has 0 aromatic carbocycles. The van der Waals surface area contributed by atoms with Gasteiger partial charge in [-0.3, -0.25) is 4.79 Å². The Labute approximate surface area is 173 Å². The lowest BCUT2D eigenvalue weighted by molar-refractivity contribution is 0.101. The number of imidazole rings is 1. The molecule has 30 heavy (non-hydrogen) atoms. The summed E-state index contributed by atoms with van der Waals surface area (Å²) < 4.78 is 16.5. The quantitative estimate of drug-likeness (QED) is 0.673. The zero-order valence-electron chi connectivity index (χ0n) is 17.1. The van der Waals surface area contributed by atoms with Crippen molar-refractivity contribution in [1.29, 1.82) is 0 Å². The smallest absolute Gasteiger partial charge is 0.277 e. The Morgan fingerprint density at radius 1 is 1.20 bits per heavy atom. The van der Waals surface area contributed by atoms with Crippen LogP contribution >= 0.6 is 0 Å². The van der Waals surface area contributed by atoms with Crippen molar-refractivity contribution in [2.45, 2.75) is 45.2 Å². The first kappa shape index (κ1) is 18.9. The molecule has 1 saturated heterocycles. The molecule has 0 radical (unpaired) electrons. The van der Waals surface area contributed by atoms with Crippen molar-refractivity contribution in [3.63, 3.8) is 0 Å². The number of anilines is 2.